The molecule has 0 aliphatic carbocycles. The molecule has 0 bridgehead atoms. The highest BCUT2D eigenvalue weighted by molar-refractivity contribution is 5.19. The first-order valence-electron chi connectivity index (χ1n) is 6.24. The second-order valence-electron chi connectivity index (χ2n) is 6.34. The van der Waals surface area contributed by atoms with Crippen LogP contribution >= 0.6 is 0 Å². The van der Waals surface area contributed by atoms with E-state index in [9.17, 15) is 8.78 Å². The van der Waals surface area contributed by atoms with Crippen molar-refractivity contribution in [3.63, 3.8) is 0 Å². The number of aromatic nitrogens is 2. The standard InChI is InChI=1S/C13H21F2N3/c1-9-6-10(12(2,3)4)18(16-9)11-7-17(5)8-13(11,14)15/h6,11H,7-8H2,1-5H3. The van der Waals surface area contributed by atoms with Gasteiger partial charge in [0.1, 0.15) is 6.04 Å². The molecule has 1 unspecified atom stereocenters. The molecule has 1 aliphatic heterocycles. The molecule has 102 valence electrons. The van der Waals surface area contributed by atoms with Crippen molar-refractivity contribution in [3.8, 4) is 0 Å². The third-order valence-corrected chi connectivity index (χ3v) is 3.37. The highest BCUT2D eigenvalue weighted by Gasteiger charge is 2.49. The molecule has 1 saturated heterocycles. The van der Waals surface area contributed by atoms with Crippen molar-refractivity contribution < 1.29 is 8.78 Å². The molecular weight excluding hydrogens is 236 g/mol. The van der Waals surface area contributed by atoms with Crippen LogP contribution in [0.5, 0.6) is 0 Å². The monoisotopic (exact) mass is 257 g/mol. The molecule has 1 atom stereocenters. The zero-order valence-corrected chi connectivity index (χ0v) is 11.7. The van der Waals surface area contributed by atoms with Crippen LogP contribution in [0, 0.1) is 6.92 Å². The second kappa shape index (κ2) is 4.02. The fourth-order valence-corrected chi connectivity index (χ4v) is 2.53. The van der Waals surface area contributed by atoms with Gasteiger partial charge in [0.25, 0.3) is 5.92 Å². The van der Waals surface area contributed by atoms with Crippen LogP contribution in [-0.4, -0.2) is 40.7 Å². The average Bonchev–Trinajstić information content (AvgIpc) is 2.65. The van der Waals surface area contributed by atoms with Gasteiger partial charge in [-0.1, -0.05) is 20.8 Å². The number of nitrogens with zero attached hydrogens (tertiary/aromatic N) is 3. The third-order valence-electron chi connectivity index (χ3n) is 3.37. The molecule has 1 aromatic heterocycles. The van der Waals surface area contributed by atoms with Gasteiger partial charge in [-0.3, -0.25) is 9.58 Å². The van der Waals surface area contributed by atoms with E-state index in [1.165, 1.54) is 0 Å². The molecule has 1 aromatic rings. The summed E-state index contributed by atoms with van der Waals surface area (Å²) < 4.78 is 29.6. The molecule has 0 N–H and O–H groups in total. The van der Waals surface area contributed by atoms with Crippen molar-refractivity contribution in [1.29, 1.82) is 0 Å². The van der Waals surface area contributed by atoms with E-state index in [2.05, 4.69) is 5.10 Å². The van der Waals surface area contributed by atoms with Crippen LogP contribution in [0.1, 0.15) is 38.2 Å². The van der Waals surface area contributed by atoms with Gasteiger partial charge in [-0.25, -0.2) is 8.78 Å². The van der Waals surface area contributed by atoms with Gasteiger partial charge in [0.2, 0.25) is 0 Å². The molecule has 1 fully saturated rings. The summed E-state index contributed by atoms with van der Waals surface area (Å²) in [6.45, 7) is 8.07. The molecular formula is C13H21F2N3. The number of alkyl halides is 2. The number of hydrogen-bond donors (Lipinski definition) is 0. The van der Waals surface area contributed by atoms with Crippen molar-refractivity contribution in [2.75, 3.05) is 20.1 Å². The molecule has 2 rings (SSSR count). The molecule has 0 amide bonds. The summed E-state index contributed by atoms with van der Waals surface area (Å²) >= 11 is 0. The van der Waals surface area contributed by atoms with Crippen LogP contribution < -0.4 is 0 Å². The number of likely N-dealkylation sites (tertiary alicyclic amines) is 1. The van der Waals surface area contributed by atoms with Gasteiger partial charge in [-0.15, -0.1) is 0 Å². The fraction of sp³-hybridized carbons (Fsp3) is 0.769. The Balaban J connectivity index is 2.46. The van der Waals surface area contributed by atoms with Gasteiger partial charge in [0, 0.05) is 17.7 Å². The highest BCUT2D eigenvalue weighted by atomic mass is 19.3. The van der Waals surface area contributed by atoms with E-state index in [0.717, 1.165) is 11.4 Å². The first-order valence-corrected chi connectivity index (χ1v) is 6.24. The van der Waals surface area contributed by atoms with Gasteiger partial charge >= 0.3 is 0 Å². The molecule has 0 radical (unpaired) electrons. The van der Waals surface area contributed by atoms with Crippen LogP contribution in [0.15, 0.2) is 6.07 Å². The van der Waals surface area contributed by atoms with E-state index in [0.29, 0.717) is 6.54 Å². The number of aryl methyl sites for hydroxylation is 1. The molecule has 0 spiro atoms. The lowest BCUT2D eigenvalue weighted by Crippen LogP contribution is -2.33. The molecule has 5 heteroatoms. The lowest BCUT2D eigenvalue weighted by molar-refractivity contribution is -0.0254. The maximum absolute atomic E-state index is 14.0. The zero-order chi connectivity index (χ0) is 13.7. The molecule has 18 heavy (non-hydrogen) atoms. The number of likely N-dealkylation sites (N-methyl/N-ethyl adjacent to an activating group) is 1. The lowest BCUT2D eigenvalue weighted by Gasteiger charge is -2.26. The van der Waals surface area contributed by atoms with Gasteiger partial charge < -0.3 is 0 Å². The summed E-state index contributed by atoms with van der Waals surface area (Å²) in [5, 5.41) is 4.30. The highest BCUT2D eigenvalue weighted by Crippen LogP contribution is 2.38. The number of halogens is 2. The van der Waals surface area contributed by atoms with Gasteiger partial charge in [0.15, 0.2) is 0 Å². The third kappa shape index (κ3) is 2.28. The van der Waals surface area contributed by atoms with Crippen LogP contribution in [0.2, 0.25) is 0 Å². The summed E-state index contributed by atoms with van der Waals surface area (Å²) in [5.41, 5.74) is 1.49. The first kappa shape index (κ1) is 13.5. The van der Waals surface area contributed by atoms with E-state index in [-0.39, 0.29) is 12.0 Å². The van der Waals surface area contributed by atoms with Crippen molar-refractivity contribution in [1.82, 2.24) is 14.7 Å². The van der Waals surface area contributed by atoms with Gasteiger partial charge in [-0.2, -0.15) is 5.10 Å². The summed E-state index contributed by atoms with van der Waals surface area (Å²) in [6.07, 6.45) is 0. The Labute approximate surface area is 107 Å². The Morgan fingerprint density at radius 2 is 2.00 bits per heavy atom. The lowest BCUT2D eigenvalue weighted by atomic mass is 9.91. The van der Waals surface area contributed by atoms with E-state index in [4.69, 9.17) is 0 Å². The van der Waals surface area contributed by atoms with Crippen LogP contribution in [0.3, 0.4) is 0 Å². The first-order chi connectivity index (χ1) is 8.11. The molecule has 0 saturated carbocycles. The van der Waals surface area contributed by atoms with E-state index in [1.807, 2.05) is 33.8 Å². The average molecular weight is 257 g/mol. The van der Waals surface area contributed by atoms with Crippen LogP contribution in [0.25, 0.3) is 0 Å². The van der Waals surface area contributed by atoms with Crippen LogP contribution in [0.4, 0.5) is 8.78 Å². The molecule has 0 aromatic carbocycles. The SMILES string of the molecule is Cc1cc(C(C)(C)C)n(C2CN(C)CC2(F)F)n1. The number of hydrogen-bond acceptors (Lipinski definition) is 2. The molecule has 1 aliphatic rings. The maximum atomic E-state index is 14.0. The Kier molecular flexibility index (Phi) is 3.00. The minimum absolute atomic E-state index is 0.182. The van der Waals surface area contributed by atoms with E-state index >= 15 is 0 Å². The topological polar surface area (TPSA) is 21.1 Å². The van der Waals surface area contributed by atoms with Crippen LogP contribution in [-0.2, 0) is 5.41 Å². The Morgan fingerprint density at radius 3 is 2.44 bits per heavy atom. The quantitative estimate of drug-likeness (QED) is 0.771. The minimum Gasteiger partial charge on any atom is -0.298 e. The molecule has 3 nitrogen and oxygen atoms in total. The Morgan fingerprint density at radius 1 is 1.39 bits per heavy atom. The summed E-state index contributed by atoms with van der Waals surface area (Å²) in [4.78, 5) is 1.66. The molecule has 2 heterocycles. The number of rotatable bonds is 1. The summed E-state index contributed by atoms with van der Waals surface area (Å²) in [6, 6.07) is 1.06. The predicted octanol–water partition coefficient (Wildman–Crippen LogP) is 2.61. The normalized spacial score (nSPS) is 24.7. The Hall–Kier alpha value is -0.970. The summed E-state index contributed by atoms with van der Waals surface area (Å²) in [7, 11) is 1.72. The zero-order valence-electron chi connectivity index (χ0n) is 11.7. The van der Waals surface area contributed by atoms with Crippen molar-refractivity contribution in [2.24, 2.45) is 0 Å². The Bertz CT molecular complexity index is 446. The summed E-state index contributed by atoms with van der Waals surface area (Å²) in [5.74, 6) is -2.72. The largest absolute Gasteiger partial charge is 0.298 e. The van der Waals surface area contributed by atoms with Gasteiger partial charge in [0.05, 0.1) is 12.2 Å². The van der Waals surface area contributed by atoms with E-state index in [1.54, 1.807) is 16.6 Å². The maximum Gasteiger partial charge on any atom is 0.283 e. The van der Waals surface area contributed by atoms with Crippen molar-refractivity contribution in [3.05, 3.63) is 17.5 Å². The van der Waals surface area contributed by atoms with E-state index < -0.39 is 12.0 Å². The van der Waals surface area contributed by atoms with Crippen molar-refractivity contribution >= 4 is 0 Å². The second-order valence-corrected chi connectivity index (χ2v) is 6.34. The predicted molar refractivity (Wildman–Crippen MR) is 67.1 cm³/mol. The van der Waals surface area contributed by atoms with Gasteiger partial charge in [-0.05, 0) is 20.0 Å². The van der Waals surface area contributed by atoms with Crippen molar-refractivity contribution in [2.45, 2.75) is 45.1 Å². The fourth-order valence-electron chi connectivity index (χ4n) is 2.53. The smallest absolute Gasteiger partial charge is 0.283 e. The minimum atomic E-state index is -2.72.